The van der Waals surface area contributed by atoms with Crippen LogP contribution in [-0.2, 0) is 0 Å². The van der Waals surface area contributed by atoms with E-state index in [0.717, 1.165) is 48.3 Å². The Hall–Kier alpha value is -2.31. The maximum absolute atomic E-state index is 6.13. The van der Waals surface area contributed by atoms with Crippen molar-refractivity contribution in [3.05, 3.63) is 48.5 Å². The first kappa shape index (κ1) is 18.7. The van der Waals surface area contributed by atoms with Crippen molar-refractivity contribution in [3.8, 4) is 11.5 Å². The SMILES string of the molecule is CN(CC1CCN(C[C@H]2COc3ccccc3O2)CC1)c1nc2ccccc2s1. The zero-order valence-electron chi connectivity index (χ0n) is 16.8. The molecule has 0 N–H and O–H groups in total. The Bertz CT molecular complexity index is 934. The highest BCUT2D eigenvalue weighted by atomic mass is 32.1. The van der Waals surface area contributed by atoms with Gasteiger partial charge in [0.05, 0.1) is 10.2 Å². The standard InChI is InChI=1S/C23H27N3O2S/c1-25(23-24-19-6-2-5-9-22(19)29-23)14-17-10-12-26(13-11-17)15-18-16-27-20-7-3-4-8-21(20)28-18/h2-9,17-18H,10-16H2,1H3/t18-/m0/s1. The van der Waals surface area contributed by atoms with Gasteiger partial charge in [-0.1, -0.05) is 35.6 Å². The fraction of sp³-hybridized carbons (Fsp3) is 0.435. The topological polar surface area (TPSA) is 37.8 Å². The average molecular weight is 410 g/mol. The number of benzene rings is 2. The third kappa shape index (κ3) is 4.19. The molecule has 1 fully saturated rings. The molecule has 0 spiro atoms. The molecular formula is C23H27N3O2S. The molecule has 0 amide bonds. The van der Waals surface area contributed by atoms with Crippen molar-refractivity contribution in [3.63, 3.8) is 0 Å². The van der Waals surface area contributed by atoms with Crippen LogP contribution < -0.4 is 14.4 Å². The maximum atomic E-state index is 6.13. The van der Waals surface area contributed by atoms with Crippen LogP contribution in [0.25, 0.3) is 10.2 Å². The number of ether oxygens (including phenoxy) is 2. The summed E-state index contributed by atoms with van der Waals surface area (Å²) in [4.78, 5) is 9.65. The number of thiazole rings is 1. The van der Waals surface area contributed by atoms with Crippen LogP contribution in [0.5, 0.6) is 11.5 Å². The molecule has 3 aromatic rings. The van der Waals surface area contributed by atoms with E-state index in [2.05, 4.69) is 41.1 Å². The molecule has 2 aliphatic rings. The van der Waals surface area contributed by atoms with Gasteiger partial charge in [0, 0.05) is 20.1 Å². The van der Waals surface area contributed by atoms with E-state index in [-0.39, 0.29) is 6.10 Å². The summed E-state index contributed by atoms with van der Waals surface area (Å²) in [5.74, 6) is 2.45. The summed E-state index contributed by atoms with van der Waals surface area (Å²) in [5.41, 5.74) is 1.10. The van der Waals surface area contributed by atoms with Crippen molar-refractivity contribution in [2.45, 2.75) is 18.9 Å². The van der Waals surface area contributed by atoms with Crippen molar-refractivity contribution in [1.29, 1.82) is 0 Å². The summed E-state index contributed by atoms with van der Waals surface area (Å²) in [7, 11) is 2.18. The minimum Gasteiger partial charge on any atom is -0.486 e. The number of nitrogens with zero attached hydrogens (tertiary/aromatic N) is 3. The molecule has 152 valence electrons. The maximum Gasteiger partial charge on any atom is 0.186 e. The Balaban J connectivity index is 1.11. The van der Waals surface area contributed by atoms with E-state index in [1.54, 1.807) is 11.3 Å². The van der Waals surface area contributed by atoms with Gasteiger partial charge >= 0.3 is 0 Å². The number of piperidine rings is 1. The number of hydrogen-bond acceptors (Lipinski definition) is 6. The molecule has 5 rings (SSSR count). The number of anilines is 1. The van der Waals surface area contributed by atoms with E-state index >= 15 is 0 Å². The summed E-state index contributed by atoms with van der Waals surface area (Å²) in [6.45, 7) is 4.90. The molecule has 6 heteroatoms. The molecule has 1 aromatic heterocycles. The molecular weight excluding hydrogens is 382 g/mol. The number of aromatic nitrogens is 1. The smallest absolute Gasteiger partial charge is 0.186 e. The van der Waals surface area contributed by atoms with Crippen LogP contribution in [0.1, 0.15) is 12.8 Å². The van der Waals surface area contributed by atoms with Gasteiger partial charge in [0.2, 0.25) is 0 Å². The Kier molecular flexibility index (Phi) is 5.29. The Labute approximate surface area is 175 Å². The van der Waals surface area contributed by atoms with E-state index in [1.807, 2.05) is 24.3 Å². The van der Waals surface area contributed by atoms with E-state index in [0.29, 0.717) is 12.5 Å². The first-order valence-corrected chi connectivity index (χ1v) is 11.2. The van der Waals surface area contributed by atoms with Crippen molar-refractivity contribution < 1.29 is 9.47 Å². The van der Waals surface area contributed by atoms with Gasteiger partial charge in [-0.2, -0.15) is 0 Å². The normalized spacial score (nSPS) is 20.1. The third-order valence-electron chi connectivity index (χ3n) is 5.88. The molecule has 0 saturated carbocycles. The minimum absolute atomic E-state index is 0.117. The van der Waals surface area contributed by atoms with Gasteiger partial charge in [0.25, 0.3) is 0 Å². The Morgan fingerprint density at radius 3 is 2.66 bits per heavy atom. The van der Waals surface area contributed by atoms with Crippen LogP contribution >= 0.6 is 11.3 Å². The average Bonchev–Trinajstić information content (AvgIpc) is 3.20. The second-order valence-electron chi connectivity index (χ2n) is 8.09. The molecule has 1 saturated heterocycles. The first-order valence-electron chi connectivity index (χ1n) is 10.4. The number of hydrogen-bond donors (Lipinski definition) is 0. The van der Waals surface area contributed by atoms with Crippen LogP contribution in [0.15, 0.2) is 48.5 Å². The fourth-order valence-corrected chi connectivity index (χ4v) is 5.22. The molecule has 1 atom stereocenters. The number of rotatable bonds is 5. The van der Waals surface area contributed by atoms with Gasteiger partial charge in [0.1, 0.15) is 12.7 Å². The van der Waals surface area contributed by atoms with Gasteiger partial charge in [-0.15, -0.1) is 0 Å². The first-order chi connectivity index (χ1) is 14.2. The van der Waals surface area contributed by atoms with Crippen molar-refractivity contribution in [1.82, 2.24) is 9.88 Å². The molecule has 2 aliphatic heterocycles. The lowest BCUT2D eigenvalue weighted by Crippen LogP contribution is -2.45. The van der Waals surface area contributed by atoms with E-state index in [1.165, 1.54) is 17.5 Å². The molecule has 5 nitrogen and oxygen atoms in total. The van der Waals surface area contributed by atoms with Gasteiger partial charge in [-0.3, -0.25) is 4.90 Å². The number of para-hydroxylation sites is 3. The second-order valence-corrected chi connectivity index (χ2v) is 9.10. The largest absolute Gasteiger partial charge is 0.486 e. The molecule has 3 heterocycles. The molecule has 0 unspecified atom stereocenters. The Morgan fingerprint density at radius 2 is 1.83 bits per heavy atom. The van der Waals surface area contributed by atoms with Gasteiger partial charge in [0.15, 0.2) is 16.6 Å². The third-order valence-corrected chi connectivity index (χ3v) is 7.03. The molecule has 2 aromatic carbocycles. The van der Waals surface area contributed by atoms with Gasteiger partial charge in [-0.25, -0.2) is 4.98 Å². The second kappa shape index (κ2) is 8.20. The van der Waals surface area contributed by atoms with E-state index in [9.17, 15) is 0 Å². The lowest BCUT2D eigenvalue weighted by Gasteiger charge is -2.36. The molecule has 0 bridgehead atoms. The highest BCUT2D eigenvalue weighted by Gasteiger charge is 2.26. The van der Waals surface area contributed by atoms with Crippen molar-refractivity contribution in [2.75, 3.05) is 44.7 Å². The monoisotopic (exact) mass is 409 g/mol. The van der Waals surface area contributed by atoms with Gasteiger partial charge < -0.3 is 14.4 Å². The predicted molar refractivity (Wildman–Crippen MR) is 118 cm³/mol. The number of likely N-dealkylation sites (tertiary alicyclic amines) is 1. The quantitative estimate of drug-likeness (QED) is 0.629. The predicted octanol–water partition coefficient (Wildman–Crippen LogP) is 4.28. The van der Waals surface area contributed by atoms with Crippen LogP contribution in [0, 0.1) is 5.92 Å². The zero-order chi connectivity index (χ0) is 19.6. The zero-order valence-corrected chi connectivity index (χ0v) is 17.6. The van der Waals surface area contributed by atoms with E-state index < -0.39 is 0 Å². The summed E-state index contributed by atoms with van der Waals surface area (Å²) < 4.78 is 13.3. The summed E-state index contributed by atoms with van der Waals surface area (Å²) in [5, 5.41) is 1.13. The van der Waals surface area contributed by atoms with E-state index in [4.69, 9.17) is 14.5 Å². The lowest BCUT2D eigenvalue weighted by molar-refractivity contribution is 0.0482. The van der Waals surface area contributed by atoms with Crippen LogP contribution in [-0.4, -0.2) is 55.8 Å². The summed E-state index contributed by atoms with van der Waals surface area (Å²) >= 11 is 1.79. The molecule has 0 aliphatic carbocycles. The van der Waals surface area contributed by atoms with Crippen molar-refractivity contribution in [2.24, 2.45) is 5.92 Å². The van der Waals surface area contributed by atoms with Crippen LogP contribution in [0.2, 0.25) is 0 Å². The number of fused-ring (bicyclic) bond motifs is 2. The van der Waals surface area contributed by atoms with Crippen LogP contribution in [0.4, 0.5) is 5.13 Å². The lowest BCUT2D eigenvalue weighted by atomic mass is 9.96. The fourth-order valence-electron chi connectivity index (χ4n) is 4.28. The molecule has 29 heavy (non-hydrogen) atoms. The minimum atomic E-state index is 0.117. The van der Waals surface area contributed by atoms with Crippen molar-refractivity contribution >= 4 is 26.7 Å². The highest BCUT2D eigenvalue weighted by Crippen LogP contribution is 2.32. The molecule has 0 radical (unpaired) electrons. The Morgan fingerprint density at radius 1 is 1.07 bits per heavy atom. The summed E-state index contributed by atoms with van der Waals surface area (Å²) in [6, 6.07) is 16.3. The van der Waals surface area contributed by atoms with Gasteiger partial charge in [-0.05, 0) is 56.1 Å². The highest BCUT2D eigenvalue weighted by molar-refractivity contribution is 7.22. The summed E-state index contributed by atoms with van der Waals surface area (Å²) in [6.07, 6.45) is 2.56. The van der Waals surface area contributed by atoms with Crippen LogP contribution in [0.3, 0.4) is 0 Å².